The first-order chi connectivity index (χ1) is 13.3. The first-order valence-corrected chi connectivity index (χ1v) is 9.39. The predicted molar refractivity (Wildman–Crippen MR) is 93.5 cm³/mol. The predicted octanol–water partition coefficient (Wildman–Crippen LogP) is 1.89. The van der Waals surface area contributed by atoms with Crippen molar-refractivity contribution in [1.29, 1.82) is 0 Å². The fourth-order valence-corrected chi connectivity index (χ4v) is 3.24. The smallest absolute Gasteiger partial charge is 0.475 e. The van der Waals surface area contributed by atoms with Gasteiger partial charge in [0.1, 0.15) is 5.69 Å². The number of aliphatic hydroxyl groups excluding tert-OH is 1. The molecule has 2 aromatic rings. The fourth-order valence-electron chi connectivity index (χ4n) is 2.58. The quantitative estimate of drug-likeness (QED) is 0.686. The number of carboxylic acids is 1. The zero-order chi connectivity index (χ0) is 20.6. The van der Waals surface area contributed by atoms with Crippen LogP contribution in [0.1, 0.15) is 23.4 Å². The van der Waals surface area contributed by atoms with Gasteiger partial charge in [-0.25, -0.2) is 9.48 Å². The molecule has 0 amide bonds. The lowest BCUT2D eigenvalue weighted by Crippen LogP contribution is -2.23. The van der Waals surface area contributed by atoms with Gasteiger partial charge in [-0.15, -0.1) is 5.10 Å². The van der Waals surface area contributed by atoms with Crippen LogP contribution in [0.25, 0.3) is 0 Å². The van der Waals surface area contributed by atoms with Gasteiger partial charge in [0.2, 0.25) is 0 Å². The maximum absolute atomic E-state index is 10.6. The van der Waals surface area contributed by atoms with Crippen molar-refractivity contribution in [3.8, 4) is 0 Å². The number of aliphatic carboxylic acids is 1. The number of alkyl halides is 3. The molecule has 3 rings (SSSR count). The summed E-state index contributed by atoms with van der Waals surface area (Å²) in [7, 11) is 0. The second-order valence-corrected chi connectivity index (χ2v) is 6.76. The first-order valence-electron chi connectivity index (χ1n) is 8.44. The van der Waals surface area contributed by atoms with Crippen LogP contribution in [-0.2, 0) is 35.8 Å². The SMILES string of the molecule is O=C(O)C(F)(F)F.OCCOCc1nnn2c1CN(Cc1ccsc1)CCC2. The van der Waals surface area contributed by atoms with Gasteiger partial charge in [-0.3, -0.25) is 4.90 Å². The van der Waals surface area contributed by atoms with E-state index in [1.54, 1.807) is 11.3 Å². The molecule has 0 spiro atoms. The molecule has 0 unspecified atom stereocenters. The summed E-state index contributed by atoms with van der Waals surface area (Å²) in [6.45, 7) is 4.58. The van der Waals surface area contributed by atoms with Crippen molar-refractivity contribution in [3.63, 3.8) is 0 Å². The van der Waals surface area contributed by atoms with Crippen LogP contribution in [0.2, 0.25) is 0 Å². The number of aliphatic hydroxyl groups is 1. The number of nitrogens with zero attached hydrogens (tertiary/aromatic N) is 4. The molecule has 0 saturated carbocycles. The summed E-state index contributed by atoms with van der Waals surface area (Å²) in [6.07, 6.45) is -4.00. The van der Waals surface area contributed by atoms with Gasteiger partial charge in [0, 0.05) is 26.2 Å². The molecule has 0 saturated heterocycles. The third kappa shape index (κ3) is 6.86. The fraction of sp³-hybridized carbons (Fsp3) is 0.562. The second-order valence-electron chi connectivity index (χ2n) is 5.98. The van der Waals surface area contributed by atoms with Gasteiger partial charge >= 0.3 is 12.1 Å². The lowest BCUT2D eigenvalue weighted by Gasteiger charge is -2.19. The Balaban J connectivity index is 0.000000345. The van der Waals surface area contributed by atoms with E-state index in [-0.39, 0.29) is 6.61 Å². The second kappa shape index (κ2) is 10.5. The molecule has 0 bridgehead atoms. The number of halogens is 3. The van der Waals surface area contributed by atoms with Gasteiger partial charge in [0.25, 0.3) is 0 Å². The van der Waals surface area contributed by atoms with Crippen LogP contribution >= 0.6 is 11.3 Å². The topological polar surface area (TPSA) is 101 Å². The average Bonchev–Trinajstić information content (AvgIpc) is 3.21. The number of ether oxygens (including phenoxy) is 1. The summed E-state index contributed by atoms with van der Waals surface area (Å²) < 4.78 is 39.1. The molecule has 12 heteroatoms. The van der Waals surface area contributed by atoms with Crippen molar-refractivity contribution in [3.05, 3.63) is 33.8 Å². The summed E-state index contributed by atoms with van der Waals surface area (Å²) in [5.41, 5.74) is 3.39. The van der Waals surface area contributed by atoms with Crippen LogP contribution in [-0.4, -0.2) is 62.0 Å². The van der Waals surface area contributed by atoms with E-state index in [9.17, 15) is 13.2 Å². The van der Waals surface area contributed by atoms with Crippen molar-refractivity contribution in [2.45, 2.75) is 38.8 Å². The van der Waals surface area contributed by atoms with Gasteiger partial charge in [0.05, 0.1) is 25.5 Å². The molecule has 8 nitrogen and oxygen atoms in total. The van der Waals surface area contributed by atoms with Crippen molar-refractivity contribution >= 4 is 17.3 Å². The summed E-state index contributed by atoms with van der Waals surface area (Å²) in [5, 5.41) is 28.7. The van der Waals surface area contributed by atoms with Crippen LogP contribution in [0.15, 0.2) is 16.8 Å². The molecule has 2 N–H and O–H groups in total. The van der Waals surface area contributed by atoms with E-state index in [1.807, 2.05) is 4.68 Å². The summed E-state index contributed by atoms with van der Waals surface area (Å²) in [4.78, 5) is 11.3. The molecule has 0 aromatic carbocycles. The average molecular weight is 422 g/mol. The number of rotatable bonds is 6. The van der Waals surface area contributed by atoms with Gasteiger partial charge in [-0.05, 0) is 28.8 Å². The van der Waals surface area contributed by atoms with Gasteiger partial charge in [-0.2, -0.15) is 24.5 Å². The highest BCUT2D eigenvalue weighted by Gasteiger charge is 2.38. The number of carbonyl (C=O) groups is 1. The van der Waals surface area contributed by atoms with E-state index in [4.69, 9.17) is 19.7 Å². The number of aromatic nitrogens is 3. The molecule has 1 aliphatic rings. The highest BCUT2D eigenvalue weighted by molar-refractivity contribution is 7.07. The van der Waals surface area contributed by atoms with E-state index in [0.29, 0.717) is 13.2 Å². The van der Waals surface area contributed by atoms with E-state index < -0.39 is 12.1 Å². The number of carboxylic acid groups (broad SMARTS) is 1. The highest BCUT2D eigenvalue weighted by Crippen LogP contribution is 2.18. The summed E-state index contributed by atoms with van der Waals surface area (Å²) >= 11 is 1.74. The Labute approximate surface area is 163 Å². The zero-order valence-corrected chi connectivity index (χ0v) is 15.7. The van der Waals surface area contributed by atoms with E-state index >= 15 is 0 Å². The zero-order valence-electron chi connectivity index (χ0n) is 14.9. The summed E-state index contributed by atoms with van der Waals surface area (Å²) in [6, 6.07) is 2.18. The molecule has 28 heavy (non-hydrogen) atoms. The molecule has 0 aliphatic carbocycles. The maximum Gasteiger partial charge on any atom is 0.490 e. The highest BCUT2D eigenvalue weighted by atomic mass is 32.1. The summed E-state index contributed by atoms with van der Waals surface area (Å²) in [5.74, 6) is -2.76. The van der Waals surface area contributed by atoms with Crippen molar-refractivity contribution in [2.24, 2.45) is 0 Å². The van der Waals surface area contributed by atoms with E-state index in [0.717, 1.165) is 44.0 Å². The number of hydrogen-bond donors (Lipinski definition) is 2. The normalized spacial score (nSPS) is 14.7. The van der Waals surface area contributed by atoms with Crippen molar-refractivity contribution in [2.75, 3.05) is 19.8 Å². The standard InChI is InChI=1S/C14H20N4O2S.C2HF3O2/c19-5-6-20-10-13-14-9-17(8-12-2-7-21-11-12)3-1-4-18(14)16-15-13;3-2(4,5)1(6)7/h2,7,11,19H,1,3-6,8-10H2;(H,6,7). The largest absolute Gasteiger partial charge is 0.490 e. The third-order valence-corrected chi connectivity index (χ3v) is 4.57. The van der Waals surface area contributed by atoms with Gasteiger partial charge in [-0.1, -0.05) is 5.21 Å². The minimum absolute atomic E-state index is 0.0355. The Morgan fingerprint density at radius 3 is 2.71 bits per heavy atom. The van der Waals surface area contributed by atoms with Crippen LogP contribution in [0.4, 0.5) is 13.2 Å². The number of aryl methyl sites for hydroxylation is 1. The molecule has 1 aliphatic heterocycles. The number of hydrogen-bond acceptors (Lipinski definition) is 7. The lowest BCUT2D eigenvalue weighted by atomic mass is 10.2. The van der Waals surface area contributed by atoms with Crippen LogP contribution in [0, 0.1) is 0 Å². The lowest BCUT2D eigenvalue weighted by molar-refractivity contribution is -0.192. The minimum Gasteiger partial charge on any atom is -0.475 e. The molecular weight excluding hydrogens is 401 g/mol. The third-order valence-electron chi connectivity index (χ3n) is 3.84. The molecule has 3 heterocycles. The maximum atomic E-state index is 10.6. The van der Waals surface area contributed by atoms with E-state index in [1.165, 1.54) is 5.56 Å². The van der Waals surface area contributed by atoms with E-state index in [2.05, 4.69) is 32.0 Å². The Morgan fingerprint density at radius 1 is 1.36 bits per heavy atom. The molecule has 0 atom stereocenters. The molecule has 0 fully saturated rings. The number of fused-ring (bicyclic) bond motifs is 1. The van der Waals surface area contributed by atoms with Crippen LogP contribution < -0.4 is 0 Å². The van der Waals surface area contributed by atoms with Crippen molar-refractivity contribution < 1.29 is 32.9 Å². The van der Waals surface area contributed by atoms with Gasteiger partial charge in [0.15, 0.2) is 0 Å². The first kappa shape index (κ1) is 22.3. The molecule has 156 valence electrons. The minimum atomic E-state index is -5.08. The Morgan fingerprint density at radius 2 is 2.11 bits per heavy atom. The Hall–Kier alpha value is -2.02. The molecule has 2 aromatic heterocycles. The monoisotopic (exact) mass is 422 g/mol. The van der Waals surface area contributed by atoms with Crippen LogP contribution in [0.5, 0.6) is 0 Å². The Bertz CT molecular complexity index is 737. The Kier molecular flexibility index (Phi) is 8.35. The number of thiophene rings is 1. The van der Waals surface area contributed by atoms with Crippen LogP contribution in [0.3, 0.4) is 0 Å². The van der Waals surface area contributed by atoms with Crippen molar-refractivity contribution in [1.82, 2.24) is 19.9 Å². The van der Waals surface area contributed by atoms with Gasteiger partial charge < -0.3 is 14.9 Å². The molecular formula is C16H21F3N4O4S. The molecule has 0 radical (unpaired) electrons.